The Hall–Kier alpha value is -1.60. The van der Waals surface area contributed by atoms with Gasteiger partial charge in [-0.3, -0.25) is 4.79 Å². The van der Waals surface area contributed by atoms with Gasteiger partial charge in [0.05, 0.1) is 19.9 Å². The van der Waals surface area contributed by atoms with E-state index in [0.717, 1.165) is 17.6 Å². The van der Waals surface area contributed by atoms with Gasteiger partial charge < -0.3 is 10.1 Å². The van der Waals surface area contributed by atoms with E-state index in [1.54, 1.807) is 7.11 Å². The molecule has 0 radical (unpaired) electrons. The Morgan fingerprint density at radius 3 is 2.61 bits per heavy atom. The predicted molar refractivity (Wildman–Crippen MR) is 91.0 cm³/mol. The Kier molecular flexibility index (Phi) is 7.51. The zero-order valence-electron chi connectivity index (χ0n) is 14.2. The number of ether oxygens (including phenoxy) is 1. The molecule has 0 aliphatic rings. The van der Waals surface area contributed by atoms with Crippen LogP contribution in [0.15, 0.2) is 24.3 Å². The molecule has 0 atom stereocenters. The Morgan fingerprint density at radius 1 is 1.35 bits per heavy atom. The number of sulfonamides is 1. The molecule has 0 saturated heterocycles. The molecule has 0 saturated carbocycles. The van der Waals surface area contributed by atoms with Gasteiger partial charge >= 0.3 is 0 Å². The summed E-state index contributed by atoms with van der Waals surface area (Å²) in [5.74, 6) is 0.641. The van der Waals surface area contributed by atoms with Crippen LogP contribution in [0.2, 0.25) is 0 Å². The smallest absolute Gasteiger partial charge is 0.235 e. The Labute approximate surface area is 138 Å². The van der Waals surface area contributed by atoms with E-state index in [1.807, 2.05) is 38.1 Å². The molecule has 1 rings (SSSR count). The van der Waals surface area contributed by atoms with Crippen molar-refractivity contribution < 1.29 is 17.9 Å². The minimum Gasteiger partial charge on any atom is -0.497 e. The summed E-state index contributed by atoms with van der Waals surface area (Å²) in [4.78, 5) is 12.0. The number of hydrogen-bond acceptors (Lipinski definition) is 4. The summed E-state index contributed by atoms with van der Waals surface area (Å²) in [5, 5.41) is 2.76. The van der Waals surface area contributed by atoms with E-state index < -0.39 is 10.0 Å². The Balaban J connectivity index is 2.49. The fourth-order valence-electron chi connectivity index (χ4n) is 2.11. The highest BCUT2D eigenvalue weighted by atomic mass is 32.2. The molecule has 6 nitrogen and oxygen atoms in total. The summed E-state index contributed by atoms with van der Waals surface area (Å²) >= 11 is 0. The summed E-state index contributed by atoms with van der Waals surface area (Å²) in [6.07, 6.45) is 1.78. The van der Waals surface area contributed by atoms with Crippen LogP contribution in [0.3, 0.4) is 0 Å². The lowest BCUT2D eigenvalue weighted by atomic mass is 10.1. The molecule has 0 aliphatic carbocycles. The van der Waals surface area contributed by atoms with Crippen LogP contribution in [0.25, 0.3) is 0 Å². The van der Waals surface area contributed by atoms with Gasteiger partial charge in [-0.1, -0.05) is 26.0 Å². The second kappa shape index (κ2) is 8.88. The van der Waals surface area contributed by atoms with Crippen LogP contribution in [0.1, 0.15) is 19.4 Å². The third-order valence-electron chi connectivity index (χ3n) is 3.23. The first-order chi connectivity index (χ1) is 10.7. The van der Waals surface area contributed by atoms with Crippen molar-refractivity contribution in [3.63, 3.8) is 0 Å². The van der Waals surface area contributed by atoms with E-state index in [2.05, 4.69) is 5.32 Å². The van der Waals surface area contributed by atoms with E-state index in [0.29, 0.717) is 19.5 Å². The van der Waals surface area contributed by atoms with E-state index in [4.69, 9.17) is 4.74 Å². The molecule has 0 heterocycles. The van der Waals surface area contributed by atoms with Crippen molar-refractivity contribution in [2.75, 3.05) is 33.0 Å². The molecule has 1 aromatic carbocycles. The Bertz CT molecular complexity index is 614. The number of nitrogens with one attached hydrogen (secondary N) is 1. The van der Waals surface area contributed by atoms with Crippen molar-refractivity contribution in [3.8, 4) is 5.75 Å². The van der Waals surface area contributed by atoms with Crippen LogP contribution in [0.5, 0.6) is 5.75 Å². The second-order valence-electron chi connectivity index (χ2n) is 5.90. The number of nitrogens with zero attached hydrogens (tertiary/aromatic N) is 1. The number of carbonyl (C=O) groups is 1. The highest BCUT2D eigenvalue weighted by Gasteiger charge is 2.20. The molecule has 0 fully saturated rings. The van der Waals surface area contributed by atoms with Gasteiger partial charge in [0.2, 0.25) is 15.9 Å². The van der Waals surface area contributed by atoms with Crippen LogP contribution in [-0.2, 0) is 21.2 Å². The van der Waals surface area contributed by atoms with Gasteiger partial charge in [-0.25, -0.2) is 8.42 Å². The number of rotatable bonds is 9. The van der Waals surface area contributed by atoms with Crippen molar-refractivity contribution in [3.05, 3.63) is 29.8 Å². The quantitative estimate of drug-likeness (QED) is 0.733. The summed E-state index contributed by atoms with van der Waals surface area (Å²) in [5.41, 5.74) is 1.05. The highest BCUT2D eigenvalue weighted by Crippen LogP contribution is 2.12. The maximum atomic E-state index is 12.0. The fraction of sp³-hybridized carbons (Fsp3) is 0.562. The maximum absolute atomic E-state index is 12.0. The molecule has 0 spiro atoms. The lowest BCUT2D eigenvalue weighted by molar-refractivity contribution is -0.121. The van der Waals surface area contributed by atoms with Crippen molar-refractivity contribution in [1.82, 2.24) is 9.62 Å². The van der Waals surface area contributed by atoms with Crippen LogP contribution in [-0.4, -0.2) is 51.6 Å². The zero-order valence-corrected chi connectivity index (χ0v) is 15.0. The molecule has 0 bridgehead atoms. The third-order valence-corrected chi connectivity index (χ3v) is 4.44. The molecular weight excluding hydrogens is 316 g/mol. The molecule has 7 heteroatoms. The first kappa shape index (κ1) is 19.4. The molecule has 0 unspecified atom stereocenters. The van der Waals surface area contributed by atoms with E-state index in [-0.39, 0.29) is 18.4 Å². The summed E-state index contributed by atoms with van der Waals surface area (Å²) in [6, 6.07) is 7.62. The topological polar surface area (TPSA) is 75.7 Å². The molecule has 23 heavy (non-hydrogen) atoms. The lowest BCUT2D eigenvalue weighted by Crippen LogP contribution is -2.42. The number of benzene rings is 1. The Morgan fingerprint density at radius 2 is 2.04 bits per heavy atom. The molecule has 0 aliphatic heterocycles. The third kappa shape index (κ3) is 7.47. The summed E-state index contributed by atoms with van der Waals surface area (Å²) in [6.45, 7) is 4.47. The first-order valence-corrected chi connectivity index (χ1v) is 9.42. The van der Waals surface area contributed by atoms with Gasteiger partial charge in [-0.2, -0.15) is 4.31 Å². The number of hydrogen-bond donors (Lipinski definition) is 1. The number of methoxy groups -OCH3 is 1. The minimum absolute atomic E-state index is 0.144. The fourth-order valence-corrected chi connectivity index (χ4v) is 3.04. The minimum atomic E-state index is -3.39. The van der Waals surface area contributed by atoms with Gasteiger partial charge in [0.15, 0.2) is 0 Å². The van der Waals surface area contributed by atoms with Gasteiger partial charge in [0.25, 0.3) is 0 Å². The summed E-state index contributed by atoms with van der Waals surface area (Å²) in [7, 11) is -1.78. The lowest BCUT2D eigenvalue weighted by Gasteiger charge is -2.21. The average Bonchev–Trinajstić information content (AvgIpc) is 2.45. The van der Waals surface area contributed by atoms with Gasteiger partial charge in [0.1, 0.15) is 5.75 Å². The summed E-state index contributed by atoms with van der Waals surface area (Å²) < 4.78 is 29.8. The monoisotopic (exact) mass is 342 g/mol. The first-order valence-electron chi connectivity index (χ1n) is 7.57. The van der Waals surface area contributed by atoms with Crippen molar-refractivity contribution in [2.24, 2.45) is 5.92 Å². The largest absolute Gasteiger partial charge is 0.497 e. The van der Waals surface area contributed by atoms with Crippen molar-refractivity contribution in [1.29, 1.82) is 0 Å². The van der Waals surface area contributed by atoms with Crippen molar-refractivity contribution >= 4 is 15.9 Å². The van der Waals surface area contributed by atoms with Crippen LogP contribution >= 0.6 is 0 Å². The highest BCUT2D eigenvalue weighted by molar-refractivity contribution is 7.88. The molecule has 1 aromatic rings. The standard InChI is InChI=1S/C16H26N2O4S/c1-13(2)11-18(23(4,20)21)12-16(19)17-9-8-14-6-5-7-15(10-14)22-3/h5-7,10,13H,8-9,11-12H2,1-4H3,(H,17,19). The van der Waals surface area contributed by atoms with Crippen molar-refractivity contribution in [2.45, 2.75) is 20.3 Å². The molecule has 1 amide bonds. The normalized spacial score (nSPS) is 11.7. The zero-order chi connectivity index (χ0) is 17.5. The molecule has 130 valence electrons. The number of carbonyl (C=O) groups excluding carboxylic acids is 1. The van der Waals surface area contributed by atoms with E-state index >= 15 is 0 Å². The SMILES string of the molecule is COc1cccc(CCNC(=O)CN(CC(C)C)S(C)(=O)=O)c1. The molecule has 0 aromatic heterocycles. The van der Waals surface area contributed by atoms with Gasteiger partial charge in [-0.15, -0.1) is 0 Å². The average molecular weight is 342 g/mol. The van der Waals surface area contributed by atoms with Gasteiger partial charge in [-0.05, 0) is 30.0 Å². The van der Waals surface area contributed by atoms with Crippen LogP contribution in [0.4, 0.5) is 0 Å². The number of amides is 1. The van der Waals surface area contributed by atoms with E-state index in [1.165, 1.54) is 4.31 Å². The van der Waals surface area contributed by atoms with Crippen LogP contribution in [0, 0.1) is 5.92 Å². The van der Waals surface area contributed by atoms with E-state index in [9.17, 15) is 13.2 Å². The molecule has 1 N–H and O–H groups in total. The maximum Gasteiger partial charge on any atom is 0.235 e. The second-order valence-corrected chi connectivity index (χ2v) is 7.88. The van der Waals surface area contributed by atoms with Crippen LogP contribution < -0.4 is 10.1 Å². The van der Waals surface area contributed by atoms with Gasteiger partial charge in [0, 0.05) is 13.1 Å². The molecular formula is C16H26N2O4S. The predicted octanol–water partition coefficient (Wildman–Crippen LogP) is 1.27.